The van der Waals surface area contributed by atoms with E-state index < -0.39 is 0 Å². The van der Waals surface area contributed by atoms with Crippen LogP contribution in [0.15, 0.2) is 24.3 Å². The van der Waals surface area contributed by atoms with Crippen molar-refractivity contribution < 1.29 is 14.3 Å². The Hall–Kier alpha value is -1.46. The van der Waals surface area contributed by atoms with Gasteiger partial charge in [-0.1, -0.05) is 12.5 Å². The van der Waals surface area contributed by atoms with Crippen molar-refractivity contribution in [1.82, 2.24) is 5.32 Å². The van der Waals surface area contributed by atoms with Gasteiger partial charge in [0.15, 0.2) is 0 Å². The minimum atomic E-state index is -0.0959. The number of carbonyl (C=O) groups excluding carboxylic acids is 1. The van der Waals surface area contributed by atoms with Crippen molar-refractivity contribution >= 4 is 18.3 Å². The van der Waals surface area contributed by atoms with Crippen LogP contribution in [0.3, 0.4) is 0 Å². The normalized spacial score (nSPS) is 28.4. The topological polar surface area (TPSA) is 73.6 Å². The van der Waals surface area contributed by atoms with Crippen LogP contribution in [0.4, 0.5) is 0 Å². The van der Waals surface area contributed by atoms with Gasteiger partial charge in [-0.05, 0) is 56.6 Å². The molecule has 0 aromatic heterocycles. The molecular formula is C20H31ClN2O3. The molecule has 1 aromatic carbocycles. The molecule has 2 aliphatic rings. The summed E-state index contributed by atoms with van der Waals surface area (Å²) in [6.45, 7) is 2.47. The Morgan fingerprint density at radius 1 is 1.27 bits per heavy atom. The van der Waals surface area contributed by atoms with E-state index in [1.165, 1.54) is 19.3 Å². The molecule has 0 radical (unpaired) electrons. The van der Waals surface area contributed by atoms with Crippen molar-refractivity contribution in [2.24, 2.45) is 23.5 Å². The molecule has 2 bridgehead atoms. The van der Waals surface area contributed by atoms with Gasteiger partial charge in [-0.2, -0.15) is 0 Å². The number of ether oxygens (including phenoxy) is 2. The molecule has 1 aromatic rings. The van der Waals surface area contributed by atoms with Crippen molar-refractivity contribution in [3.05, 3.63) is 24.3 Å². The lowest BCUT2D eigenvalue weighted by atomic mass is 9.65. The van der Waals surface area contributed by atoms with Gasteiger partial charge in [0.2, 0.25) is 5.91 Å². The molecule has 5 nitrogen and oxygen atoms in total. The van der Waals surface area contributed by atoms with E-state index in [1.807, 2.05) is 31.2 Å². The van der Waals surface area contributed by atoms with E-state index in [4.69, 9.17) is 15.2 Å². The Morgan fingerprint density at radius 2 is 1.92 bits per heavy atom. The third-order valence-electron chi connectivity index (χ3n) is 5.73. The number of rotatable bonds is 6. The first-order chi connectivity index (χ1) is 12.1. The number of amides is 1. The molecule has 0 heterocycles. The van der Waals surface area contributed by atoms with E-state index in [2.05, 4.69) is 5.32 Å². The Bertz CT molecular complexity index is 584. The second-order valence-corrected chi connectivity index (χ2v) is 7.55. The zero-order chi connectivity index (χ0) is 17.8. The number of nitrogens with one attached hydrogen (secondary N) is 1. The van der Waals surface area contributed by atoms with Crippen LogP contribution in [0.25, 0.3) is 0 Å². The summed E-state index contributed by atoms with van der Waals surface area (Å²) in [4.78, 5) is 12.6. The minimum Gasteiger partial charge on any atom is -0.497 e. The molecule has 2 saturated carbocycles. The highest BCUT2D eigenvalue weighted by Crippen LogP contribution is 2.41. The summed E-state index contributed by atoms with van der Waals surface area (Å²) >= 11 is 0. The summed E-state index contributed by atoms with van der Waals surface area (Å²) < 4.78 is 11.1. The number of nitrogens with two attached hydrogens (primary N) is 1. The number of fused-ring (bicyclic) bond motifs is 2. The van der Waals surface area contributed by atoms with Crippen LogP contribution in [-0.4, -0.2) is 31.7 Å². The third-order valence-corrected chi connectivity index (χ3v) is 5.73. The first kappa shape index (κ1) is 20.8. The molecule has 3 N–H and O–H groups in total. The lowest BCUT2D eigenvalue weighted by molar-refractivity contribution is -0.128. The smallest absolute Gasteiger partial charge is 0.223 e. The van der Waals surface area contributed by atoms with Crippen LogP contribution in [-0.2, 0) is 4.79 Å². The summed E-state index contributed by atoms with van der Waals surface area (Å²) in [7, 11) is 1.63. The highest BCUT2D eigenvalue weighted by atomic mass is 35.5. The molecular weight excluding hydrogens is 352 g/mol. The van der Waals surface area contributed by atoms with Crippen molar-refractivity contribution in [2.75, 3.05) is 13.7 Å². The number of halogens is 1. The van der Waals surface area contributed by atoms with E-state index in [1.54, 1.807) is 7.11 Å². The SMILES string of the molecule is COc1cccc(OC(C)CNC(=O)C2CC3CCCC(C2)C3N)c1.Cl. The van der Waals surface area contributed by atoms with E-state index in [-0.39, 0.29) is 30.3 Å². The summed E-state index contributed by atoms with van der Waals surface area (Å²) in [5, 5.41) is 3.07. The molecule has 26 heavy (non-hydrogen) atoms. The van der Waals surface area contributed by atoms with Crippen LogP contribution in [0.5, 0.6) is 11.5 Å². The molecule has 0 saturated heterocycles. The van der Waals surface area contributed by atoms with E-state index >= 15 is 0 Å². The van der Waals surface area contributed by atoms with Gasteiger partial charge >= 0.3 is 0 Å². The predicted octanol–water partition coefficient (Wildman–Crippen LogP) is 3.15. The number of methoxy groups -OCH3 is 1. The average molecular weight is 383 g/mol. The van der Waals surface area contributed by atoms with Gasteiger partial charge in [0.05, 0.1) is 13.7 Å². The molecule has 2 aliphatic carbocycles. The van der Waals surface area contributed by atoms with Crippen LogP contribution in [0, 0.1) is 17.8 Å². The van der Waals surface area contributed by atoms with Gasteiger partial charge in [-0.15, -0.1) is 12.4 Å². The average Bonchev–Trinajstić information content (AvgIpc) is 2.59. The predicted molar refractivity (Wildman–Crippen MR) is 105 cm³/mol. The Kier molecular flexibility index (Phi) is 7.59. The third kappa shape index (κ3) is 5.04. The largest absolute Gasteiger partial charge is 0.497 e. The van der Waals surface area contributed by atoms with Crippen LogP contribution >= 0.6 is 12.4 Å². The molecule has 3 unspecified atom stereocenters. The fourth-order valence-electron chi connectivity index (χ4n) is 4.34. The molecule has 3 rings (SSSR count). The minimum absolute atomic E-state index is 0. The summed E-state index contributed by atoms with van der Waals surface area (Å²) in [5.41, 5.74) is 6.32. The van der Waals surface area contributed by atoms with Crippen LogP contribution in [0.1, 0.15) is 39.0 Å². The van der Waals surface area contributed by atoms with Crippen LogP contribution < -0.4 is 20.5 Å². The van der Waals surface area contributed by atoms with Crippen molar-refractivity contribution in [3.8, 4) is 11.5 Å². The fraction of sp³-hybridized carbons (Fsp3) is 0.650. The molecule has 146 valence electrons. The number of benzene rings is 1. The molecule has 0 aliphatic heterocycles. The highest BCUT2D eigenvalue weighted by molar-refractivity contribution is 5.85. The zero-order valence-electron chi connectivity index (χ0n) is 15.6. The number of hydrogen-bond acceptors (Lipinski definition) is 4. The lowest BCUT2D eigenvalue weighted by Crippen LogP contribution is -2.49. The van der Waals surface area contributed by atoms with Crippen molar-refractivity contribution in [3.63, 3.8) is 0 Å². The van der Waals surface area contributed by atoms with Gasteiger partial charge in [0.25, 0.3) is 0 Å². The van der Waals surface area contributed by atoms with E-state index in [0.717, 1.165) is 24.3 Å². The summed E-state index contributed by atoms with van der Waals surface area (Å²) in [6, 6.07) is 7.81. The van der Waals surface area contributed by atoms with Gasteiger partial charge < -0.3 is 20.5 Å². The standard InChI is InChI=1S/C20H30N2O3.ClH/c1-13(25-18-8-4-7-17(11-18)24-2)12-22-20(23)16-9-14-5-3-6-15(10-16)19(14)21;/h4,7-8,11,13-16,19H,3,5-6,9-10,12,21H2,1-2H3,(H,22,23);1H. The molecule has 3 atom stereocenters. The first-order valence-corrected chi connectivity index (χ1v) is 9.41. The van der Waals surface area contributed by atoms with Gasteiger partial charge in [0, 0.05) is 18.0 Å². The Morgan fingerprint density at radius 3 is 2.58 bits per heavy atom. The monoisotopic (exact) mass is 382 g/mol. The second kappa shape index (κ2) is 9.47. The molecule has 1 amide bonds. The maximum Gasteiger partial charge on any atom is 0.223 e. The lowest BCUT2D eigenvalue weighted by Gasteiger charge is -2.43. The van der Waals surface area contributed by atoms with E-state index in [0.29, 0.717) is 24.4 Å². The van der Waals surface area contributed by atoms with E-state index in [9.17, 15) is 4.79 Å². The Balaban J connectivity index is 0.00000243. The molecule has 2 fully saturated rings. The Labute approximate surface area is 162 Å². The highest BCUT2D eigenvalue weighted by Gasteiger charge is 2.40. The summed E-state index contributed by atoms with van der Waals surface area (Å²) in [5.74, 6) is 2.82. The number of hydrogen-bond donors (Lipinski definition) is 2. The zero-order valence-corrected chi connectivity index (χ0v) is 16.5. The maximum atomic E-state index is 12.6. The second-order valence-electron chi connectivity index (χ2n) is 7.55. The quantitative estimate of drug-likeness (QED) is 0.792. The van der Waals surface area contributed by atoms with Gasteiger partial charge in [0.1, 0.15) is 17.6 Å². The van der Waals surface area contributed by atoms with Gasteiger partial charge in [-0.25, -0.2) is 0 Å². The molecule has 6 heteroatoms. The van der Waals surface area contributed by atoms with Crippen LogP contribution in [0.2, 0.25) is 0 Å². The van der Waals surface area contributed by atoms with Crippen molar-refractivity contribution in [1.29, 1.82) is 0 Å². The fourth-order valence-corrected chi connectivity index (χ4v) is 4.34. The summed E-state index contributed by atoms with van der Waals surface area (Å²) in [6.07, 6.45) is 5.40. The number of carbonyl (C=O) groups is 1. The molecule has 0 spiro atoms. The van der Waals surface area contributed by atoms with Crippen molar-refractivity contribution in [2.45, 2.75) is 51.2 Å². The van der Waals surface area contributed by atoms with Gasteiger partial charge in [-0.3, -0.25) is 4.79 Å². The first-order valence-electron chi connectivity index (χ1n) is 9.41. The maximum absolute atomic E-state index is 12.6.